The van der Waals surface area contributed by atoms with Crippen molar-refractivity contribution in [1.29, 1.82) is 0 Å². The van der Waals surface area contributed by atoms with Crippen LogP contribution >= 0.6 is 15.9 Å². The van der Waals surface area contributed by atoms with Gasteiger partial charge in [-0.1, -0.05) is 22.9 Å². The Morgan fingerprint density at radius 1 is 1.58 bits per heavy atom. The lowest BCUT2D eigenvalue weighted by atomic mass is 9.88. The van der Waals surface area contributed by atoms with Crippen LogP contribution in [0.15, 0.2) is 22.7 Å². The fourth-order valence-corrected chi connectivity index (χ4v) is 2.34. The molecule has 1 aromatic carbocycles. The number of anilines is 1. The summed E-state index contributed by atoms with van der Waals surface area (Å²) < 4.78 is 6.48. The van der Waals surface area contributed by atoms with E-state index >= 15 is 0 Å². The normalized spacial score (nSPS) is 16.6. The van der Waals surface area contributed by atoms with Gasteiger partial charge < -0.3 is 15.4 Å². The molecule has 1 aromatic rings. The van der Waals surface area contributed by atoms with E-state index in [0.29, 0.717) is 18.3 Å². The second kappa shape index (κ2) is 6.39. The smallest absolute Gasteiger partial charge is 0.227 e. The van der Waals surface area contributed by atoms with E-state index in [-0.39, 0.29) is 11.8 Å². The molecule has 1 amide bonds. The minimum absolute atomic E-state index is 0.0133. The average Bonchev–Trinajstić information content (AvgIpc) is 2.30. The number of amides is 1. The highest BCUT2D eigenvalue weighted by Crippen LogP contribution is 2.29. The Morgan fingerprint density at radius 3 is 2.89 bits per heavy atom. The number of hydrogen-bond donors (Lipinski definition) is 2. The minimum atomic E-state index is 0.0133. The van der Waals surface area contributed by atoms with Crippen molar-refractivity contribution in [2.75, 3.05) is 25.0 Å². The predicted molar refractivity (Wildman–Crippen MR) is 79.5 cm³/mol. The molecular formula is C14H19BrN2O2. The van der Waals surface area contributed by atoms with Crippen LogP contribution in [0.25, 0.3) is 0 Å². The molecule has 0 aliphatic carbocycles. The van der Waals surface area contributed by atoms with E-state index in [9.17, 15) is 4.79 Å². The van der Waals surface area contributed by atoms with Crippen LogP contribution in [-0.2, 0) is 4.79 Å². The van der Waals surface area contributed by atoms with Crippen LogP contribution in [0.2, 0.25) is 0 Å². The predicted octanol–water partition coefficient (Wildman–Crippen LogP) is 2.64. The Kier molecular flexibility index (Phi) is 4.82. The van der Waals surface area contributed by atoms with Gasteiger partial charge in [0.25, 0.3) is 0 Å². The number of benzene rings is 1. The van der Waals surface area contributed by atoms with Crippen molar-refractivity contribution in [3.63, 3.8) is 0 Å². The van der Waals surface area contributed by atoms with Gasteiger partial charge in [-0.2, -0.15) is 0 Å². The molecule has 104 valence electrons. The maximum atomic E-state index is 12.2. The van der Waals surface area contributed by atoms with Gasteiger partial charge >= 0.3 is 0 Å². The summed E-state index contributed by atoms with van der Waals surface area (Å²) in [4.78, 5) is 12.2. The van der Waals surface area contributed by atoms with Gasteiger partial charge in [-0.15, -0.1) is 0 Å². The van der Waals surface area contributed by atoms with E-state index in [1.165, 1.54) is 0 Å². The lowest BCUT2D eigenvalue weighted by Gasteiger charge is -2.31. The molecule has 0 aromatic heterocycles. The van der Waals surface area contributed by atoms with Crippen LogP contribution in [0.5, 0.6) is 5.75 Å². The second-order valence-corrected chi connectivity index (χ2v) is 5.69. The van der Waals surface area contributed by atoms with E-state index < -0.39 is 0 Å². The third-order valence-electron chi connectivity index (χ3n) is 3.44. The molecule has 1 atom stereocenters. The molecule has 19 heavy (non-hydrogen) atoms. The molecule has 0 saturated carbocycles. The molecular weight excluding hydrogens is 308 g/mol. The Bertz CT molecular complexity index is 461. The zero-order chi connectivity index (χ0) is 13.8. The number of hydrogen-bond acceptors (Lipinski definition) is 3. The molecule has 1 unspecified atom stereocenters. The number of ether oxygens (including phenoxy) is 1. The Hall–Kier alpha value is -1.07. The van der Waals surface area contributed by atoms with Gasteiger partial charge in [0.2, 0.25) is 5.91 Å². The van der Waals surface area contributed by atoms with Crippen molar-refractivity contribution in [2.24, 2.45) is 11.8 Å². The first kappa shape index (κ1) is 14.3. The highest BCUT2D eigenvalue weighted by molar-refractivity contribution is 9.10. The first-order valence-corrected chi connectivity index (χ1v) is 7.35. The van der Waals surface area contributed by atoms with Gasteiger partial charge in [-0.3, -0.25) is 4.79 Å². The summed E-state index contributed by atoms with van der Waals surface area (Å²) in [5, 5.41) is 6.15. The fraction of sp³-hybridized carbons (Fsp3) is 0.500. The zero-order valence-corrected chi connectivity index (χ0v) is 12.8. The van der Waals surface area contributed by atoms with Gasteiger partial charge in [0.05, 0.1) is 12.3 Å². The maximum absolute atomic E-state index is 12.2. The highest BCUT2D eigenvalue weighted by Gasteiger charge is 2.29. The molecule has 5 heteroatoms. The molecule has 2 rings (SSSR count). The summed E-state index contributed by atoms with van der Waals surface area (Å²) in [6.45, 7) is 6.32. The number of carbonyl (C=O) groups excluding carboxylic acids is 1. The molecule has 1 fully saturated rings. The number of halogens is 1. The molecule has 2 N–H and O–H groups in total. The monoisotopic (exact) mass is 326 g/mol. The van der Waals surface area contributed by atoms with Crippen molar-refractivity contribution in [3.8, 4) is 5.75 Å². The average molecular weight is 327 g/mol. The SMILES string of the molecule is CCOc1cc(Br)ccc1NC(=O)C(C)C1CNC1. The van der Waals surface area contributed by atoms with E-state index in [4.69, 9.17) is 4.74 Å². The molecule has 1 heterocycles. The van der Waals surface area contributed by atoms with Gasteiger partial charge in [-0.05, 0) is 44.1 Å². The van der Waals surface area contributed by atoms with Crippen LogP contribution in [-0.4, -0.2) is 25.6 Å². The number of nitrogens with one attached hydrogen (secondary N) is 2. The number of rotatable bonds is 5. The third-order valence-corrected chi connectivity index (χ3v) is 3.93. The van der Waals surface area contributed by atoms with E-state index in [1.807, 2.05) is 32.0 Å². The molecule has 4 nitrogen and oxygen atoms in total. The topological polar surface area (TPSA) is 50.4 Å². The Labute approximate surface area is 122 Å². The summed E-state index contributed by atoms with van der Waals surface area (Å²) >= 11 is 3.40. The van der Waals surface area contributed by atoms with Crippen LogP contribution in [0, 0.1) is 11.8 Å². The van der Waals surface area contributed by atoms with E-state index in [1.54, 1.807) is 0 Å². The molecule has 0 spiro atoms. The lowest BCUT2D eigenvalue weighted by molar-refractivity contribution is -0.121. The molecule has 1 aliphatic rings. The van der Waals surface area contributed by atoms with E-state index in [0.717, 1.165) is 23.2 Å². The van der Waals surface area contributed by atoms with Crippen molar-refractivity contribution in [3.05, 3.63) is 22.7 Å². The highest BCUT2D eigenvalue weighted by atomic mass is 79.9. The molecule has 1 aliphatic heterocycles. The molecule has 1 saturated heterocycles. The van der Waals surface area contributed by atoms with Crippen molar-refractivity contribution >= 4 is 27.5 Å². The maximum Gasteiger partial charge on any atom is 0.227 e. The minimum Gasteiger partial charge on any atom is -0.492 e. The molecule has 0 radical (unpaired) electrons. The van der Waals surface area contributed by atoms with Crippen molar-refractivity contribution in [2.45, 2.75) is 13.8 Å². The Balaban J connectivity index is 2.06. The van der Waals surface area contributed by atoms with Gasteiger partial charge in [0.15, 0.2) is 0 Å². The van der Waals surface area contributed by atoms with Crippen LogP contribution in [0.4, 0.5) is 5.69 Å². The lowest BCUT2D eigenvalue weighted by Crippen LogP contribution is -2.48. The van der Waals surface area contributed by atoms with Gasteiger partial charge in [0, 0.05) is 10.4 Å². The van der Waals surface area contributed by atoms with Gasteiger partial charge in [-0.25, -0.2) is 0 Å². The van der Waals surface area contributed by atoms with Crippen LogP contribution in [0.1, 0.15) is 13.8 Å². The largest absolute Gasteiger partial charge is 0.492 e. The zero-order valence-electron chi connectivity index (χ0n) is 11.2. The molecule has 0 bridgehead atoms. The summed E-state index contributed by atoms with van der Waals surface area (Å²) in [7, 11) is 0. The summed E-state index contributed by atoms with van der Waals surface area (Å²) in [6.07, 6.45) is 0. The van der Waals surface area contributed by atoms with Crippen molar-refractivity contribution in [1.82, 2.24) is 5.32 Å². The summed E-state index contributed by atoms with van der Waals surface area (Å²) in [5.74, 6) is 1.20. The second-order valence-electron chi connectivity index (χ2n) is 4.77. The van der Waals surface area contributed by atoms with Crippen molar-refractivity contribution < 1.29 is 9.53 Å². The van der Waals surface area contributed by atoms with Crippen LogP contribution < -0.4 is 15.4 Å². The Morgan fingerprint density at radius 2 is 2.32 bits per heavy atom. The quantitative estimate of drug-likeness (QED) is 0.874. The third kappa shape index (κ3) is 3.48. The van der Waals surface area contributed by atoms with Crippen LogP contribution in [0.3, 0.4) is 0 Å². The number of carbonyl (C=O) groups is 1. The summed E-state index contributed by atoms with van der Waals surface area (Å²) in [5.41, 5.74) is 0.731. The van der Waals surface area contributed by atoms with E-state index in [2.05, 4.69) is 26.6 Å². The first-order chi connectivity index (χ1) is 9.11. The first-order valence-electron chi connectivity index (χ1n) is 6.55. The van der Waals surface area contributed by atoms with Gasteiger partial charge in [0.1, 0.15) is 5.75 Å². The summed E-state index contributed by atoms with van der Waals surface area (Å²) in [6, 6.07) is 5.63. The standard InChI is InChI=1S/C14H19BrN2O2/c1-3-19-13-6-11(15)4-5-12(13)17-14(18)9(2)10-7-16-8-10/h4-6,9-10,16H,3,7-8H2,1-2H3,(H,17,18). The fourth-order valence-electron chi connectivity index (χ4n) is 2.00.